The Morgan fingerprint density at radius 2 is 1.12 bits per heavy atom. The molecule has 0 spiro atoms. The Balaban J connectivity index is 0.000000202. The molecule has 6 aromatic carbocycles. The number of fused-ring (bicyclic) bond motifs is 2. The second kappa shape index (κ2) is 22.9. The Hall–Kier alpha value is -8.53. The molecule has 2 atom stereocenters. The highest BCUT2D eigenvalue weighted by Crippen LogP contribution is 2.26. The van der Waals surface area contributed by atoms with E-state index < -0.39 is 46.4 Å². The molecule has 0 aromatic heterocycles. The number of hydrogen-bond acceptors (Lipinski definition) is 15. The summed E-state index contributed by atoms with van der Waals surface area (Å²) in [5, 5.41) is 25.4. The van der Waals surface area contributed by atoms with Crippen LogP contribution < -0.4 is 20.4 Å². The molecule has 0 aliphatic carbocycles. The summed E-state index contributed by atoms with van der Waals surface area (Å²) >= 11 is 0. The van der Waals surface area contributed by atoms with Crippen LogP contribution in [-0.4, -0.2) is 143 Å². The van der Waals surface area contributed by atoms with Gasteiger partial charge in [-0.3, -0.25) is 48.9 Å². The van der Waals surface area contributed by atoms with E-state index in [9.17, 15) is 37.2 Å². The first-order chi connectivity index (χ1) is 35.5. The zero-order valence-corrected chi connectivity index (χ0v) is 41.1. The monoisotopic (exact) mass is 1020 g/mol. The third-order valence-electron chi connectivity index (χ3n) is 12.2. The lowest BCUT2D eigenvalue weighted by Crippen LogP contribution is -2.53. The van der Waals surface area contributed by atoms with Gasteiger partial charge in [0.25, 0.3) is 21.9 Å². The first-order valence-electron chi connectivity index (χ1n) is 23.5. The normalized spacial score (nSPS) is 16.8. The quantitative estimate of drug-likeness (QED) is 0.0345. The van der Waals surface area contributed by atoms with Crippen molar-refractivity contribution in [2.45, 2.75) is 19.1 Å². The lowest BCUT2D eigenvalue weighted by molar-refractivity contribution is -0.151. The van der Waals surface area contributed by atoms with E-state index in [1.54, 1.807) is 73.7 Å². The van der Waals surface area contributed by atoms with Crippen LogP contribution in [0.25, 0.3) is 21.5 Å². The maximum atomic E-state index is 12.9. The number of nitrogens with zero attached hydrogens (tertiary/aromatic N) is 4. The molecule has 3 fully saturated rings. The van der Waals surface area contributed by atoms with Crippen molar-refractivity contribution in [2.24, 2.45) is 0 Å². The van der Waals surface area contributed by atoms with E-state index in [4.69, 9.17) is 29.2 Å². The molecule has 0 saturated carbocycles. The Kier molecular flexibility index (Phi) is 16.0. The van der Waals surface area contributed by atoms with Gasteiger partial charge >= 0.3 is 18.2 Å². The SMILES string of the molecule is CCOC(=O)CN1CCN(CC2CN(c3ccc(C(=N)NC(=O)c4cccc5ccccc45)cc3)C(=O)O2)CC1=O.CS(=O)(=O)OCC1CN(c2ccc(C(=N)NC(=O)c3cccc4ccccc34)cc2)C(=O)O1. The van der Waals surface area contributed by atoms with Gasteiger partial charge in [-0.2, -0.15) is 8.42 Å². The van der Waals surface area contributed by atoms with Crippen LogP contribution in [-0.2, 0) is 38.1 Å². The molecule has 6 aromatic rings. The van der Waals surface area contributed by atoms with Crippen LogP contribution in [0.5, 0.6) is 0 Å². The average Bonchev–Trinajstić information content (AvgIpc) is 3.96. The Morgan fingerprint density at radius 3 is 1.61 bits per heavy atom. The van der Waals surface area contributed by atoms with Gasteiger partial charge in [0.15, 0.2) is 0 Å². The van der Waals surface area contributed by atoms with Gasteiger partial charge < -0.3 is 29.7 Å². The standard InChI is InChI=1S/C30H31N5O6.C23H21N3O6S/c1-2-40-27(37)19-34-15-14-33(18-26(34)36)16-23-17-35(30(39)41-23)22-12-10-21(11-13-22)28(31)32-29(38)25-9-5-7-20-6-3-4-8-24(20)25;1-33(29,30)31-14-18-13-26(23(28)32-18)17-11-9-16(10-12-17)21(24)25-22(27)20-8-4-6-15-5-2-3-7-19(15)20/h3-13,23H,2,14-19H2,1H3,(H2,31,32,38);2-12,18H,13-14H2,1H3,(H2,24,25,27). The summed E-state index contributed by atoms with van der Waals surface area (Å²) in [4.78, 5) is 80.8. The molecule has 2 unspecified atom stereocenters. The molecule has 3 heterocycles. The Bertz CT molecular complexity index is 3250. The Morgan fingerprint density at radius 1 is 0.649 bits per heavy atom. The minimum atomic E-state index is -3.64. The van der Waals surface area contributed by atoms with Crippen molar-refractivity contribution in [3.8, 4) is 0 Å². The van der Waals surface area contributed by atoms with Crippen molar-refractivity contribution in [1.29, 1.82) is 10.8 Å². The van der Waals surface area contributed by atoms with Gasteiger partial charge in [-0.05, 0) is 89.1 Å². The number of amides is 5. The number of hydrogen-bond donors (Lipinski definition) is 4. The number of esters is 1. The summed E-state index contributed by atoms with van der Waals surface area (Å²) in [5.41, 5.74) is 3.01. The lowest BCUT2D eigenvalue weighted by Gasteiger charge is -2.34. The van der Waals surface area contributed by atoms with E-state index in [2.05, 4.69) is 10.6 Å². The van der Waals surface area contributed by atoms with Crippen molar-refractivity contribution in [3.63, 3.8) is 0 Å². The molecule has 0 radical (unpaired) electrons. The Labute approximate surface area is 425 Å². The molecule has 3 saturated heterocycles. The number of rotatable bonds is 14. The largest absolute Gasteiger partial charge is 0.465 e. The van der Waals surface area contributed by atoms with Gasteiger partial charge in [0, 0.05) is 53.3 Å². The van der Waals surface area contributed by atoms with Gasteiger partial charge in [0.2, 0.25) is 5.91 Å². The van der Waals surface area contributed by atoms with Crippen molar-refractivity contribution < 1.29 is 55.6 Å². The van der Waals surface area contributed by atoms with Crippen LogP contribution in [0.1, 0.15) is 38.8 Å². The van der Waals surface area contributed by atoms with Gasteiger partial charge in [-0.1, -0.05) is 72.8 Å². The molecular formula is C53H52N8O12S. The number of ether oxygens (including phenoxy) is 3. The summed E-state index contributed by atoms with van der Waals surface area (Å²) in [6, 6.07) is 39.2. The maximum absolute atomic E-state index is 12.9. The van der Waals surface area contributed by atoms with E-state index in [0.717, 1.165) is 27.8 Å². The number of carbonyl (C=O) groups excluding carboxylic acids is 6. The average molecular weight is 1030 g/mol. The lowest BCUT2D eigenvalue weighted by atomic mass is 10.0. The summed E-state index contributed by atoms with van der Waals surface area (Å²) in [7, 11) is -3.64. The van der Waals surface area contributed by atoms with Gasteiger partial charge in [-0.15, -0.1) is 0 Å². The molecular weight excluding hydrogens is 973 g/mol. The molecule has 21 heteroatoms. The van der Waals surface area contributed by atoms with Crippen molar-refractivity contribution >= 4 is 90.6 Å². The summed E-state index contributed by atoms with van der Waals surface area (Å²) in [6.07, 6.45) is -1.33. The van der Waals surface area contributed by atoms with Gasteiger partial charge in [0.1, 0.15) is 37.0 Å². The number of piperazine rings is 1. The minimum Gasteiger partial charge on any atom is -0.465 e. The molecule has 3 aliphatic heterocycles. The molecule has 4 N–H and O–H groups in total. The topological polar surface area (TPSA) is 258 Å². The van der Waals surface area contributed by atoms with Crippen LogP contribution in [0.4, 0.5) is 21.0 Å². The van der Waals surface area contributed by atoms with Crippen LogP contribution in [0.3, 0.4) is 0 Å². The number of nitrogens with one attached hydrogen (secondary N) is 4. The summed E-state index contributed by atoms with van der Waals surface area (Å²) < 4.78 is 42.6. The fraction of sp³-hybridized carbons (Fsp3) is 0.245. The molecule has 74 heavy (non-hydrogen) atoms. The van der Waals surface area contributed by atoms with Crippen molar-refractivity contribution in [1.82, 2.24) is 20.4 Å². The second-order valence-corrected chi connectivity index (χ2v) is 19.0. The highest BCUT2D eigenvalue weighted by Gasteiger charge is 2.36. The molecule has 382 valence electrons. The van der Waals surface area contributed by atoms with E-state index >= 15 is 0 Å². The molecule has 9 rings (SSSR count). The smallest absolute Gasteiger partial charge is 0.414 e. The highest BCUT2D eigenvalue weighted by atomic mass is 32.2. The number of benzene rings is 6. The van der Waals surface area contributed by atoms with Gasteiger partial charge in [0.05, 0.1) is 32.5 Å². The van der Waals surface area contributed by atoms with Crippen molar-refractivity contribution in [3.05, 3.63) is 156 Å². The number of anilines is 2. The first kappa shape index (κ1) is 51.8. The number of carbonyl (C=O) groups is 6. The fourth-order valence-corrected chi connectivity index (χ4v) is 8.94. The van der Waals surface area contributed by atoms with Crippen molar-refractivity contribution in [2.75, 3.05) is 75.1 Å². The summed E-state index contributed by atoms with van der Waals surface area (Å²) in [5.74, 6) is -1.50. The van der Waals surface area contributed by atoms with Crippen LogP contribution in [0.15, 0.2) is 133 Å². The van der Waals surface area contributed by atoms with E-state index in [1.165, 1.54) is 14.7 Å². The zero-order valence-electron chi connectivity index (χ0n) is 40.3. The third-order valence-corrected chi connectivity index (χ3v) is 12.7. The molecule has 0 bridgehead atoms. The third kappa shape index (κ3) is 12.7. The van der Waals surface area contributed by atoms with Crippen LogP contribution in [0.2, 0.25) is 0 Å². The number of cyclic esters (lactones) is 2. The van der Waals surface area contributed by atoms with E-state index in [-0.39, 0.29) is 56.3 Å². The number of amidine groups is 2. The van der Waals surface area contributed by atoms with E-state index in [1.807, 2.05) is 71.6 Å². The molecule has 3 aliphatic rings. The maximum Gasteiger partial charge on any atom is 0.414 e. The van der Waals surface area contributed by atoms with Crippen LogP contribution in [0, 0.1) is 10.8 Å². The zero-order chi connectivity index (χ0) is 52.5. The fourth-order valence-electron chi connectivity index (χ4n) is 8.55. The molecule has 20 nitrogen and oxygen atoms in total. The van der Waals surface area contributed by atoms with E-state index in [0.29, 0.717) is 59.8 Å². The predicted octanol–water partition coefficient (Wildman–Crippen LogP) is 5.52. The first-order valence-corrected chi connectivity index (χ1v) is 25.3. The van der Waals surface area contributed by atoms with Crippen LogP contribution >= 0.6 is 0 Å². The van der Waals surface area contributed by atoms with Gasteiger partial charge in [-0.25, -0.2) is 9.59 Å². The molecule has 5 amide bonds. The predicted molar refractivity (Wildman–Crippen MR) is 275 cm³/mol. The summed E-state index contributed by atoms with van der Waals surface area (Å²) in [6.45, 7) is 3.58. The second-order valence-electron chi connectivity index (χ2n) is 17.4. The highest BCUT2D eigenvalue weighted by molar-refractivity contribution is 7.86. The minimum absolute atomic E-state index is 0.0527.